The topological polar surface area (TPSA) is 260 Å². The molecule has 234 valence electrons. The highest BCUT2D eigenvalue weighted by Crippen LogP contribution is 2.48. The van der Waals surface area contributed by atoms with Gasteiger partial charge in [-0.1, -0.05) is 0 Å². The lowest BCUT2D eigenvalue weighted by molar-refractivity contribution is -0.134. The zero-order valence-corrected chi connectivity index (χ0v) is 24.0. The number of nitrogens with two attached hydrogens (primary N) is 1. The van der Waals surface area contributed by atoms with Crippen molar-refractivity contribution in [3.8, 4) is 0 Å². The Labute approximate surface area is 239 Å². The number of hydrogen-bond acceptors (Lipinski definition) is 16. The van der Waals surface area contributed by atoms with E-state index in [4.69, 9.17) is 48.7 Å². The molecule has 0 saturated heterocycles. The monoisotopic (exact) mass is 621 g/mol. The summed E-state index contributed by atoms with van der Waals surface area (Å²) in [5, 5.41) is 15.6. The van der Waals surface area contributed by atoms with Gasteiger partial charge < -0.3 is 44.2 Å². The van der Waals surface area contributed by atoms with Crippen LogP contribution in [0.15, 0.2) is 24.8 Å². The van der Waals surface area contributed by atoms with Crippen molar-refractivity contribution >= 4 is 48.8 Å². The summed E-state index contributed by atoms with van der Waals surface area (Å²) in [4.78, 5) is 54.2. The maximum atomic E-state index is 12.9. The Morgan fingerprint density at radius 3 is 1.93 bits per heavy atom. The van der Waals surface area contributed by atoms with Crippen LogP contribution < -0.4 is 5.73 Å². The first kappa shape index (κ1) is 35.7. The maximum Gasteiger partial charge on any atom is 0.510 e. The first-order valence-corrected chi connectivity index (χ1v) is 13.6. The summed E-state index contributed by atoms with van der Waals surface area (Å²) in [7, 11) is -4.02. The largest absolute Gasteiger partial charge is 0.510 e. The van der Waals surface area contributed by atoms with Crippen molar-refractivity contribution in [3.63, 3.8) is 0 Å². The van der Waals surface area contributed by atoms with Crippen molar-refractivity contribution in [3.05, 3.63) is 24.8 Å². The predicted molar refractivity (Wildman–Crippen MR) is 140 cm³/mol. The Balaban J connectivity index is 0.000000962. The van der Waals surface area contributed by atoms with Gasteiger partial charge in [0.15, 0.2) is 11.5 Å². The van der Waals surface area contributed by atoms with Crippen LogP contribution in [0, 0.1) is 0 Å². The summed E-state index contributed by atoms with van der Waals surface area (Å²) in [6.07, 6.45) is 0.514. The van der Waals surface area contributed by atoms with Crippen LogP contribution in [0.2, 0.25) is 0 Å². The molecule has 0 radical (unpaired) electrons. The zero-order chi connectivity index (χ0) is 31.7. The molecular formula is C22H32N5O14P. The minimum atomic E-state index is -4.02. The summed E-state index contributed by atoms with van der Waals surface area (Å²) in [5.41, 5.74) is 6.69. The molecule has 2 aromatic rings. The number of carboxylic acid groups (broad SMARTS) is 2. The van der Waals surface area contributed by atoms with Crippen molar-refractivity contribution in [1.82, 2.24) is 19.5 Å². The number of carbonyl (C=O) groups is 4. The van der Waals surface area contributed by atoms with Crippen molar-refractivity contribution in [2.24, 2.45) is 0 Å². The van der Waals surface area contributed by atoms with Crippen LogP contribution in [0.3, 0.4) is 0 Å². The average Bonchev–Trinajstić information content (AvgIpc) is 3.29. The van der Waals surface area contributed by atoms with E-state index < -0.39 is 64.0 Å². The number of aliphatic carboxylic acids is 2. The van der Waals surface area contributed by atoms with E-state index in [1.165, 1.54) is 12.7 Å². The molecule has 0 spiro atoms. The second kappa shape index (κ2) is 18.2. The van der Waals surface area contributed by atoms with Gasteiger partial charge in [-0.15, -0.1) is 0 Å². The highest BCUT2D eigenvalue weighted by molar-refractivity contribution is 7.53. The van der Waals surface area contributed by atoms with E-state index in [0.29, 0.717) is 23.3 Å². The fourth-order valence-corrected chi connectivity index (χ4v) is 3.42. The molecule has 0 aliphatic heterocycles. The van der Waals surface area contributed by atoms with E-state index in [-0.39, 0.29) is 19.0 Å². The number of hydrogen-bond donors (Lipinski definition) is 3. The number of ether oxygens (including phenoxy) is 5. The molecule has 0 atom stereocenters. The smallest absolute Gasteiger partial charge is 0.478 e. The molecule has 2 aromatic heterocycles. The van der Waals surface area contributed by atoms with Gasteiger partial charge in [-0.05, 0) is 27.7 Å². The van der Waals surface area contributed by atoms with Gasteiger partial charge in [0.05, 0.1) is 25.1 Å². The van der Waals surface area contributed by atoms with E-state index in [0.717, 1.165) is 0 Å². The van der Waals surface area contributed by atoms with Crippen LogP contribution in [0.5, 0.6) is 0 Å². The average molecular weight is 621 g/mol. The maximum absolute atomic E-state index is 12.9. The lowest BCUT2D eigenvalue weighted by Crippen LogP contribution is -2.17. The number of nitrogen functional groups attached to an aromatic ring is 1. The van der Waals surface area contributed by atoms with Crippen LogP contribution in [-0.4, -0.2) is 92.7 Å². The van der Waals surface area contributed by atoms with Gasteiger partial charge in [-0.2, -0.15) is 0 Å². The van der Waals surface area contributed by atoms with Gasteiger partial charge in [0.1, 0.15) is 18.2 Å². The number of nitrogens with zero attached hydrogens (tertiary/aromatic N) is 4. The number of aromatic nitrogens is 4. The molecule has 19 nitrogen and oxygen atoms in total. The first-order chi connectivity index (χ1) is 19.7. The highest BCUT2D eigenvalue weighted by Gasteiger charge is 2.27. The van der Waals surface area contributed by atoms with Gasteiger partial charge in [0.25, 0.3) is 0 Å². The van der Waals surface area contributed by atoms with Crippen LogP contribution >= 0.6 is 7.60 Å². The number of carboxylic acids is 2. The van der Waals surface area contributed by atoms with Crippen molar-refractivity contribution < 1.29 is 66.7 Å². The fourth-order valence-electron chi connectivity index (χ4n) is 2.42. The second-order valence-corrected chi connectivity index (χ2v) is 10.1. The Morgan fingerprint density at radius 2 is 1.45 bits per heavy atom. The van der Waals surface area contributed by atoms with Crippen molar-refractivity contribution in [2.75, 3.05) is 32.3 Å². The van der Waals surface area contributed by atoms with Crippen molar-refractivity contribution in [1.29, 1.82) is 0 Å². The van der Waals surface area contributed by atoms with E-state index in [1.807, 2.05) is 0 Å². The Morgan fingerprint density at radius 1 is 0.929 bits per heavy atom. The summed E-state index contributed by atoms with van der Waals surface area (Å²) >= 11 is 0. The minimum absolute atomic E-state index is 0.0541. The first-order valence-electron chi connectivity index (χ1n) is 11.9. The van der Waals surface area contributed by atoms with E-state index >= 15 is 0 Å². The standard InChI is InChI=1S/C18H28N5O10P.C4H4O4/c1-12(2)32-17(24)28-9-30-34(26,31-10-29-18(25)33-13(3)4)11-27-6-5-23-8-22-14-15(19)20-7-21-16(14)23;5-3(6)1-2-4(7)8/h7-8,12-13H,5-6,9-11H2,1-4H3,(H2,19,20,21);1-2H,(H,5,6)(H,7,8). The fraction of sp³-hybridized carbons (Fsp3) is 0.500. The van der Waals surface area contributed by atoms with Gasteiger partial charge in [-0.3, -0.25) is 13.6 Å². The molecular weight excluding hydrogens is 589 g/mol. The Bertz CT molecular complexity index is 1220. The van der Waals surface area contributed by atoms with Crippen LogP contribution in [0.1, 0.15) is 27.7 Å². The highest BCUT2D eigenvalue weighted by atomic mass is 31.2. The Kier molecular flexibility index (Phi) is 15.5. The molecule has 4 N–H and O–H groups in total. The number of carbonyl (C=O) groups excluding carboxylic acids is 2. The lowest BCUT2D eigenvalue weighted by atomic mass is 10.5. The molecule has 2 heterocycles. The molecule has 2 rings (SSSR count). The molecule has 0 fully saturated rings. The van der Waals surface area contributed by atoms with Gasteiger partial charge >= 0.3 is 31.8 Å². The number of imidazole rings is 1. The van der Waals surface area contributed by atoms with E-state index in [1.54, 1.807) is 32.3 Å². The summed E-state index contributed by atoms with van der Waals surface area (Å²) in [6, 6.07) is 0. The third kappa shape index (κ3) is 14.9. The SMILES string of the molecule is CC(C)OC(=O)OCOP(=O)(COCCn1cnc2c(N)ncnc21)OCOC(=O)OC(C)C.O=C(O)C=CC(=O)O. The molecule has 0 bridgehead atoms. The molecule has 0 aliphatic carbocycles. The summed E-state index contributed by atoms with van der Waals surface area (Å²) in [5.74, 6) is -2.28. The minimum Gasteiger partial charge on any atom is -0.478 e. The van der Waals surface area contributed by atoms with Crippen LogP contribution in [0.25, 0.3) is 11.2 Å². The Hall–Kier alpha value is -4.32. The predicted octanol–water partition coefficient (Wildman–Crippen LogP) is 2.36. The van der Waals surface area contributed by atoms with E-state index in [9.17, 15) is 23.7 Å². The second-order valence-electron chi connectivity index (χ2n) is 8.14. The normalized spacial score (nSPS) is 11.3. The lowest BCUT2D eigenvalue weighted by Gasteiger charge is -2.18. The number of rotatable bonds is 15. The third-order valence-corrected chi connectivity index (χ3v) is 5.54. The summed E-state index contributed by atoms with van der Waals surface area (Å²) in [6.45, 7) is 5.35. The van der Waals surface area contributed by atoms with E-state index in [2.05, 4.69) is 15.0 Å². The summed E-state index contributed by atoms with van der Waals surface area (Å²) < 4.78 is 49.1. The van der Waals surface area contributed by atoms with Crippen molar-refractivity contribution in [2.45, 2.75) is 46.4 Å². The molecule has 42 heavy (non-hydrogen) atoms. The van der Waals surface area contributed by atoms with Gasteiger partial charge in [0.2, 0.25) is 13.6 Å². The number of fused-ring (bicyclic) bond motifs is 1. The third-order valence-electron chi connectivity index (χ3n) is 4.04. The molecule has 0 aromatic carbocycles. The van der Waals surface area contributed by atoms with Crippen LogP contribution in [0.4, 0.5) is 15.4 Å². The molecule has 0 saturated carbocycles. The van der Waals surface area contributed by atoms with Crippen LogP contribution in [-0.2, 0) is 53.4 Å². The molecule has 0 amide bonds. The quantitative estimate of drug-likeness (QED) is 0.0847. The van der Waals surface area contributed by atoms with Gasteiger partial charge in [0, 0.05) is 18.7 Å². The number of anilines is 1. The zero-order valence-electron chi connectivity index (χ0n) is 23.1. The molecule has 0 aliphatic rings. The molecule has 20 heteroatoms. The van der Waals surface area contributed by atoms with Gasteiger partial charge in [-0.25, -0.2) is 34.1 Å². The molecule has 0 unspecified atom stereocenters.